The number of hydrogen-bond acceptors (Lipinski definition) is 3. The first kappa shape index (κ1) is 16.5. The van der Waals surface area contributed by atoms with Gasteiger partial charge >= 0.3 is 0 Å². The molecule has 1 aromatic carbocycles. The highest BCUT2D eigenvalue weighted by atomic mass is 35.5. The first-order valence-electron chi connectivity index (χ1n) is 6.66. The fraction of sp³-hybridized carbons (Fsp3) is 0.533. The molecular formula is C15H19ClN2O2. The van der Waals surface area contributed by atoms with Gasteiger partial charge in [-0.15, -0.1) is 0 Å². The van der Waals surface area contributed by atoms with Crippen LogP contribution in [0.3, 0.4) is 0 Å². The van der Waals surface area contributed by atoms with Gasteiger partial charge in [0.1, 0.15) is 5.02 Å². The summed E-state index contributed by atoms with van der Waals surface area (Å²) in [6.07, 6.45) is 1.19. The first-order chi connectivity index (χ1) is 9.27. The number of halogens is 1. The van der Waals surface area contributed by atoms with Crippen molar-refractivity contribution in [3.8, 4) is 6.07 Å². The minimum atomic E-state index is -0.475. The zero-order chi connectivity index (χ0) is 15.4. The molecule has 0 saturated carbocycles. The van der Waals surface area contributed by atoms with Crippen molar-refractivity contribution >= 4 is 17.3 Å². The third-order valence-electron chi connectivity index (χ3n) is 2.97. The van der Waals surface area contributed by atoms with E-state index in [9.17, 15) is 15.4 Å². The summed E-state index contributed by atoms with van der Waals surface area (Å²) >= 11 is 6.15. The predicted molar refractivity (Wildman–Crippen MR) is 79.9 cm³/mol. The monoisotopic (exact) mass is 294 g/mol. The van der Waals surface area contributed by atoms with Gasteiger partial charge in [0.2, 0.25) is 0 Å². The number of hydrogen-bond donors (Lipinski definition) is 0. The summed E-state index contributed by atoms with van der Waals surface area (Å²) in [5, 5.41) is 20.6. The maximum Gasteiger partial charge on any atom is 0.288 e. The molecule has 0 heterocycles. The van der Waals surface area contributed by atoms with E-state index in [4.69, 9.17) is 11.6 Å². The molecule has 0 unspecified atom stereocenters. The summed E-state index contributed by atoms with van der Waals surface area (Å²) in [6.45, 7) is 8.03. The molecule has 1 aromatic rings. The van der Waals surface area contributed by atoms with E-state index in [1.807, 2.05) is 27.7 Å². The minimum absolute atomic E-state index is 0.100. The molecule has 0 aliphatic heterocycles. The van der Waals surface area contributed by atoms with E-state index < -0.39 is 4.92 Å². The summed E-state index contributed by atoms with van der Waals surface area (Å²) in [7, 11) is 0. The molecule has 0 aromatic heterocycles. The second-order valence-corrected chi connectivity index (χ2v) is 6.17. The molecule has 0 aliphatic rings. The second-order valence-electron chi connectivity index (χ2n) is 5.79. The number of benzene rings is 1. The van der Waals surface area contributed by atoms with Gasteiger partial charge < -0.3 is 0 Å². The van der Waals surface area contributed by atoms with E-state index in [2.05, 4.69) is 6.07 Å². The topological polar surface area (TPSA) is 66.9 Å². The van der Waals surface area contributed by atoms with Gasteiger partial charge in [0.05, 0.1) is 16.6 Å². The second kappa shape index (κ2) is 6.71. The van der Waals surface area contributed by atoms with Crippen LogP contribution in [0.25, 0.3) is 0 Å². The summed E-state index contributed by atoms with van der Waals surface area (Å²) in [4.78, 5) is 10.7. The lowest BCUT2D eigenvalue weighted by Gasteiger charge is -2.15. The molecule has 0 N–H and O–H groups in total. The van der Waals surface area contributed by atoms with Crippen LogP contribution in [0, 0.1) is 33.3 Å². The molecule has 1 rings (SSSR count). The Morgan fingerprint density at radius 3 is 2.25 bits per heavy atom. The summed E-state index contributed by atoms with van der Waals surface area (Å²) < 4.78 is 0. The lowest BCUT2D eigenvalue weighted by molar-refractivity contribution is -0.384. The Hall–Kier alpha value is -1.60. The number of nitro groups is 1. The van der Waals surface area contributed by atoms with E-state index >= 15 is 0 Å². The average Bonchev–Trinajstić information content (AvgIpc) is 2.31. The van der Waals surface area contributed by atoms with Gasteiger partial charge in [0.15, 0.2) is 0 Å². The molecule has 0 radical (unpaired) electrons. The molecule has 0 amide bonds. The van der Waals surface area contributed by atoms with Crippen LogP contribution in [0.5, 0.6) is 0 Å². The van der Waals surface area contributed by atoms with Crippen LogP contribution in [-0.4, -0.2) is 4.92 Å². The van der Waals surface area contributed by atoms with Gasteiger partial charge in [-0.2, -0.15) is 5.26 Å². The maximum absolute atomic E-state index is 11.1. The van der Waals surface area contributed by atoms with Gasteiger partial charge in [-0.3, -0.25) is 10.1 Å². The van der Waals surface area contributed by atoms with Crippen LogP contribution in [0.1, 0.15) is 44.4 Å². The highest BCUT2D eigenvalue weighted by molar-refractivity contribution is 6.33. The molecule has 4 nitrogen and oxygen atoms in total. The third kappa shape index (κ3) is 3.71. The Kier molecular flexibility index (Phi) is 5.52. The lowest BCUT2D eigenvalue weighted by Crippen LogP contribution is -2.07. The molecule has 0 spiro atoms. The maximum atomic E-state index is 11.1. The fourth-order valence-corrected chi connectivity index (χ4v) is 2.53. The predicted octanol–water partition coefficient (Wildman–Crippen LogP) is 4.52. The molecule has 0 bridgehead atoms. The van der Waals surface area contributed by atoms with E-state index in [-0.39, 0.29) is 16.6 Å². The van der Waals surface area contributed by atoms with Crippen molar-refractivity contribution in [1.29, 1.82) is 5.26 Å². The first-order valence-corrected chi connectivity index (χ1v) is 7.04. The fourth-order valence-electron chi connectivity index (χ4n) is 2.23. The van der Waals surface area contributed by atoms with Crippen LogP contribution in [0.4, 0.5) is 5.69 Å². The highest BCUT2D eigenvalue weighted by Crippen LogP contribution is 2.35. The summed E-state index contributed by atoms with van der Waals surface area (Å²) in [5.74, 6) is 0.586. The number of nitrogens with zero attached hydrogens (tertiary/aromatic N) is 2. The standard InChI is InChI=1S/C15H19ClN2O2/c1-9(2)5-11-7-14(18(19)20)15(16)12(6-10(3)4)13(11)8-17/h7,9-10H,5-6H2,1-4H3. The molecule has 0 atom stereocenters. The minimum Gasteiger partial charge on any atom is -0.258 e. The van der Waals surface area contributed by atoms with Crippen LogP contribution >= 0.6 is 11.6 Å². The van der Waals surface area contributed by atoms with Crippen molar-refractivity contribution in [3.05, 3.63) is 37.9 Å². The van der Waals surface area contributed by atoms with Crippen molar-refractivity contribution in [2.45, 2.75) is 40.5 Å². The Bertz CT molecular complexity index is 560. The molecule has 0 aliphatic carbocycles. The average molecular weight is 295 g/mol. The van der Waals surface area contributed by atoms with Crippen LogP contribution in [0.2, 0.25) is 5.02 Å². The van der Waals surface area contributed by atoms with Gasteiger partial charge in [-0.25, -0.2) is 0 Å². The highest BCUT2D eigenvalue weighted by Gasteiger charge is 2.24. The van der Waals surface area contributed by atoms with Crippen molar-refractivity contribution in [2.24, 2.45) is 11.8 Å². The van der Waals surface area contributed by atoms with Gasteiger partial charge in [0, 0.05) is 6.07 Å². The normalized spacial score (nSPS) is 10.9. The molecule has 0 fully saturated rings. The molecule has 0 saturated heterocycles. The SMILES string of the molecule is CC(C)Cc1cc([N+](=O)[O-])c(Cl)c(CC(C)C)c1C#N. The van der Waals surface area contributed by atoms with E-state index in [0.29, 0.717) is 35.4 Å². The van der Waals surface area contributed by atoms with Crippen molar-refractivity contribution < 1.29 is 4.92 Å². The van der Waals surface area contributed by atoms with Gasteiger partial charge in [0.25, 0.3) is 5.69 Å². The summed E-state index contributed by atoms with van der Waals surface area (Å²) in [6, 6.07) is 3.62. The van der Waals surface area contributed by atoms with Crippen molar-refractivity contribution in [3.63, 3.8) is 0 Å². The van der Waals surface area contributed by atoms with Gasteiger partial charge in [-0.05, 0) is 35.8 Å². The lowest BCUT2D eigenvalue weighted by atomic mass is 9.90. The Morgan fingerprint density at radius 1 is 1.30 bits per heavy atom. The Labute approximate surface area is 124 Å². The Balaban J connectivity index is 3.56. The van der Waals surface area contributed by atoms with Crippen molar-refractivity contribution in [1.82, 2.24) is 0 Å². The zero-order valence-electron chi connectivity index (χ0n) is 12.2. The zero-order valence-corrected chi connectivity index (χ0v) is 13.0. The number of nitro benzene ring substituents is 1. The number of nitriles is 1. The quantitative estimate of drug-likeness (QED) is 0.592. The van der Waals surface area contributed by atoms with E-state index in [1.54, 1.807) is 0 Å². The van der Waals surface area contributed by atoms with E-state index in [1.165, 1.54) is 6.07 Å². The van der Waals surface area contributed by atoms with E-state index in [0.717, 1.165) is 0 Å². The molecule has 108 valence electrons. The molecule has 5 heteroatoms. The van der Waals surface area contributed by atoms with Crippen LogP contribution < -0.4 is 0 Å². The number of rotatable bonds is 5. The smallest absolute Gasteiger partial charge is 0.258 e. The Morgan fingerprint density at radius 2 is 1.85 bits per heavy atom. The van der Waals surface area contributed by atoms with Crippen LogP contribution in [-0.2, 0) is 12.8 Å². The molecule has 20 heavy (non-hydrogen) atoms. The third-order valence-corrected chi connectivity index (χ3v) is 3.39. The van der Waals surface area contributed by atoms with Gasteiger partial charge in [-0.1, -0.05) is 39.3 Å². The molecular weight excluding hydrogens is 276 g/mol. The summed E-state index contributed by atoms with van der Waals surface area (Å²) in [5.41, 5.74) is 1.73. The largest absolute Gasteiger partial charge is 0.288 e. The van der Waals surface area contributed by atoms with Crippen LogP contribution in [0.15, 0.2) is 6.07 Å². The van der Waals surface area contributed by atoms with Crippen molar-refractivity contribution in [2.75, 3.05) is 0 Å².